The molecule has 12 heteroatoms. The normalized spacial score (nSPS) is 26.8. The van der Waals surface area contributed by atoms with Crippen molar-refractivity contribution in [3.05, 3.63) is 28.8 Å². The Hall–Kier alpha value is -2.41. The summed E-state index contributed by atoms with van der Waals surface area (Å²) in [5.74, 6) is 0.571. The Labute approximate surface area is 236 Å². The summed E-state index contributed by atoms with van der Waals surface area (Å²) in [6.07, 6.45) is 12.6. The molecule has 2 atom stereocenters. The molecule has 2 fully saturated rings. The lowest BCUT2D eigenvalue weighted by atomic mass is 9.60. The van der Waals surface area contributed by atoms with Gasteiger partial charge in [0, 0.05) is 44.1 Å². The lowest BCUT2D eigenvalue weighted by Gasteiger charge is -2.47. The predicted molar refractivity (Wildman–Crippen MR) is 156 cm³/mol. The highest BCUT2D eigenvalue weighted by Crippen LogP contribution is 2.48. The number of anilines is 1. The van der Waals surface area contributed by atoms with E-state index in [-0.39, 0.29) is 17.8 Å². The highest BCUT2D eigenvalue weighted by molar-refractivity contribution is 7.82. The lowest BCUT2D eigenvalue weighted by Crippen LogP contribution is -2.57. The van der Waals surface area contributed by atoms with Gasteiger partial charge in [0.15, 0.2) is 0 Å². The maximum Gasteiger partial charge on any atom is 0.353 e. The SMILES string of the molecule is CNCCC1(CCC2CC=C(n3ccc(NC(=O)N4CCN(C(=O)C(C)(N)S)CC4)nc3=O)CC2)CC(N)C1. The van der Waals surface area contributed by atoms with Gasteiger partial charge in [-0.3, -0.25) is 14.7 Å². The van der Waals surface area contributed by atoms with Gasteiger partial charge in [-0.15, -0.1) is 12.6 Å². The second-order valence-corrected chi connectivity index (χ2v) is 12.6. The van der Waals surface area contributed by atoms with E-state index in [1.54, 1.807) is 33.6 Å². The van der Waals surface area contributed by atoms with Gasteiger partial charge in [0.25, 0.3) is 5.91 Å². The van der Waals surface area contributed by atoms with Crippen molar-refractivity contribution in [3.8, 4) is 0 Å². The van der Waals surface area contributed by atoms with Crippen LogP contribution in [0.15, 0.2) is 23.1 Å². The molecular weight excluding hydrogens is 516 g/mol. The zero-order valence-corrected chi connectivity index (χ0v) is 24.1. The minimum absolute atomic E-state index is 0.213. The second-order valence-electron chi connectivity index (χ2n) is 11.7. The molecule has 1 saturated heterocycles. The fourth-order valence-electron chi connectivity index (χ4n) is 6.15. The molecule has 1 aromatic heterocycles. The Balaban J connectivity index is 1.27. The number of piperazine rings is 1. The van der Waals surface area contributed by atoms with Crippen LogP contribution in [0.4, 0.5) is 10.6 Å². The van der Waals surface area contributed by atoms with Crippen LogP contribution in [-0.4, -0.2) is 82.0 Å². The smallest absolute Gasteiger partial charge is 0.337 e. The number of hydrogen-bond acceptors (Lipinski definition) is 8. The van der Waals surface area contributed by atoms with Gasteiger partial charge in [-0.1, -0.05) is 6.08 Å². The number of thiol groups is 1. The largest absolute Gasteiger partial charge is 0.353 e. The standard InChI is InChI=1S/C27H44N8O3S/c1-26(29,39)23(36)33-13-15-34(16-14-33)24(37)31-22-8-12-35(25(38)32-22)21-5-3-19(4-6-21)7-9-27(10-11-30-2)17-20(28)18-27/h5,8,12,19-20,30,39H,3-4,6-7,9-11,13-18,28-29H2,1-2H3,(H,31,32,37,38). The number of hydrogen-bond donors (Lipinski definition) is 5. The van der Waals surface area contributed by atoms with E-state index in [0.717, 1.165) is 44.3 Å². The van der Waals surface area contributed by atoms with E-state index in [1.165, 1.54) is 19.3 Å². The molecule has 3 aliphatic rings. The number of urea groups is 1. The number of amides is 3. The molecule has 3 amide bonds. The minimum atomic E-state index is -1.24. The molecule has 11 nitrogen and oxygen atoms in total. The predicted octanol–water partition coefficient (Wildman–Crippen LogP) is 1.66. The van der Waals surface area contributed by atoms with Gasteiger partial charge in [-0.25, -0.2) is 9.59 Å². The molecule has 1 aliphatic heterocycles. The lowest BCUT2D eigenvalue weighted by molar-refractivity contribution is -0.134. The van der Waals surface area contributed by atoms with Gasteiger partial charge in [-0.2, -0.15) is 4.98 Å². The first-order chi connectivity index (χ1) is 18.5. The molecule has 6 N–H and O–H groups in total. The number of aromatic nitrogens is 2. The summed E-state index contributed by atoms with van der Waals surface area (Å²) < 4.78 is 1.58. The number of nitrogens with one attached hydrogen (secondary N) is 2. The van der Waals surface area contributed by atoms with Crippen LogP contribution in [0, 0.1) is 11.3 Å². The van der Waals surface area contributed by atoms with Crippen LogP contribution < -0.4 is 27.8 Å². The van der Waals surface area contributed by atoms with Crippen molar-refractivity contribution in [2.45, 2.75) is 69.2 Å². The third-order valence-electron chi connectivity index (χ3n) is 8.51. The van der Waals surface area contributed by atoms with Crippen molar-refractivity contribution < 1.29 is 9.59 Å². The second kappa shape index (κ2) is 12.4. The minimum Gasteiger partial charge on any atom is -0.337 e. The fraction of sp³-hybridized carbons (Fsp3) is 0.704. The van der Waals surface area contributed by atoms with Crippen LogP contribution in [-0.2, 0) is 4.79 Å². The van der Waals surface area contributed by atoms with Crippen LogP contribution in [0.25, 0.3) is 5.70 Å². The number of rotatable bonds is 9. The van der Waals surface area contributed by atoms with Crippen LogP contribution in [0.3, 0.4) is 0 Å². The number of nitrogens with zero attached hydrogens (tertiary/aromatic N) is 4. The van der Waals surface area contributed by atoms with Crippen LogP contribution >= 0.6 is 12.6 Å². The van der Waals surface area contributed by atoms with E-state index in [9.17, 15) is 14.4 Å². The average molecular weight is 561 g/mol. The van der Waals surface area contributed by atoms with E-state index in [1.807, 2.05) is 7.05 Å². The molecule has 1 aromatic rings. The molecule has 1 saturated carbocycles. The topological polar surface area (TPSA) is 152 Å². The van der Waals surface area contributed by atoms with Crippen molar-refractivity contribution in [1.29, 1.82) is 0 Å². The fourth-order valence-corrected chi connectivity index (χ4v) is 6.30. The summed E-state index contributed by atoms with van der Waals surface area (Å²) in [7, 11) is 2.01. The van der Waals surface area contributed by atoms with E-state index in [4.69, 9.17) is 11.5 Å². The third kappa shape index (κ3) is 7.41. The summed E-state index contributed by atoms with van der Waals surface area (Å²) in [5.41, 5.74) is 12.9. The average Bonchev–Trinajstić information content (AvgIpc) is 2.89. The molecule has 216 valence electrons. The Morgan fingerprint density at radius 3 is 2.46 bits per heavy atom. The third-order valence-corrected chi connectivity index (χ3v) is 8.70. The van der Waals surface area contributed by atoms with Gasteiger partial charge < -0.3 is 26.6 Å². The number of carbonyl (C=O) groups excluding carboxylic acids is 2. The molecule has 0 bridgehead atoms. The summed E-state index contributed by atoms with van der Waals surface area (Å²) in [6, 6.07) is 1.65. The summed E-state index contributed by atoms with van der Waals surface area (Å²) in [4.78, 5) is 43.8. The number of allylic oxidation sites excluding steroid dienone is 2. The highest BCUT2D eigenvalue weighted by Gasteiger charge is 2.41. The number of carbonyl (C=O) groups is 2. The monoisotopic (exact) mass is 560 g/mol. The van der Waals surface area contributed by atoms with Crippen LogP contribution in [0.5, 0.6) is 0 Å². The maximum absolute atomic E-state index is 12.8. The van der Waals surface area contributed by atoms with Crippen molar-refractivity contribution in [1.82, 2.24) is 24.7 Å². The van der Waals surface area contributed by atoms with E-state index in [0.29, 0.717) is 43.6 Å². The first-order valence-electron chi connectivity index (χ1n) is 14.1. The molecule has 39 heavy (non-hydrogen) atoms. The molecule has 2 aliphatic carbocycles. The molecule has 2 unspecified atom stereocenters. The summed E-state index contributed by atoms with van der Waals surface area (Å²) in [6.45, 7) is 4.03. The Morgan fingerprint density at radius 1 is 1.21 bits per heavy atom. The van der Waals surface area contributed by atoms with Crippen molar-refractivity contribution in [3.63, 3.8) is 0 Å². The Morgan fingerprint density at radius 2 is 1.90 bits per heavy atom. The summed E-state index contributed by atoms with van der Waals surface area (Å²) in [5, 5.41) is 5.99. The van der Waals surface area contributed by atoms with Crippen LogP contribution in [0.1, 0.15) is 58.3 Å². The first-order valence-corrected chi connectivity index (χ1v) is 14.5. The van der Waals surface area contributed by atoms with Crippen molar-refractivity contribution in [2.75, 3.05) is 45.1 Å². The van der Waals surface area contributed by atoms with E-state index < -0.39 is 10.6 Å². The molecular formula is C27H44N8O3S. The van der Waals surface area contributed by atoms with E-state index >= 15 is 0 Å². The van der Waals surface area contributed by atoms with E-state index in [2.05, 4.69) is 34.3 Å². The van der Waals surface area contributed by atoms with Gasteiger partial charge in [0.1, 0.15) is 10.7 Å². The zero-order valence-electron chi connectivity index (χ0n) is 23.2. The maximum atomic E-state index is 12.8. The molecule has 0 spiro atoms. The number of nitrogens with two attached hydrogens (primary N) is 2. The van der Waals surface area contributed by atoms with Gasteiger partial charge >= 0.3 is 11.7 Å². The molecule has 2 heterocycles. The summed E-state index contributed by atoms with van der Waals surface area (Å²) >= 11 is 4.13. The first kappa shape index (κ1) is 29.6. The van der Waals surface area contributed by atoms with Gasteiger partial charge in [0.2, 0.25) is 0 Å². The molecule has 4 rings (SSSR count). The quantitative estimate of drug-likeness (QED) is 0.228. The van der Waals surface area contributed by atoms with Crippen molar-refractivity contribution >= 4 is 36.1 Å². The molecule has 0 radical (unpaired) electrons. The Kier molecular flexibility index (Phi) is 9.41. The van der Waals surface area contributed by atoms with Crippen LogP contribution in [0.2, 0.25) is 0 Å². The zero-order chi connectivity index (χ0) is 28.2. The molecule has 0 aromatic carbocycles. The van der Waals surface area contributed by atoms with Crippen molar-refractivity contribution in [2.24, 2.45) is 22.8 Å². The van der Waals surface area contributed by atoms with Gasteiger partial charge in [-0.05, 0) is 89.3 Å². The highest BCUT2D eigenvalue weighted by atomic mass is 32.1. The van der Waals surface area contributed by atoms with Gasteiger partial charge in [0.05, 0.1) is 0 Å². The Bertz CT molecular complexity index is 1120.